The van der Waals surface area contributed by atoms with E-state index in [1.54, 1.807) is 0 Å². The lowest BCUT2D eigenvalue weighted by Gasteiger charge is -2.38. The molecule has 2 rings (SSSR count). The summed E-state index contributed by atoms with van der Waals surface area (Å²) in [6.07, 6.45) is 2.81. The van der Waals surface area contributed by atoms with Crippen LogP contribution in [0.15, 0.2) is 0 Å². The maximum atomic E-state index is 12.3. The first-order chi connectivity index (χ1) is 9.74. The molecule has 0 radical (unpaired) electrons. The van der Waals surface area contributed by atoms with Gasteiger partial charge in [-0.2, -0.15) is 0 Å². The first kappa shape index (κ1) is 15.7. The minimum atomic E-state index is 0.205. The van der Waals surface area contributed by atoms with Crippen molar-refractivity contribution in [3.05, 3.63) is 0 Å². The van der Waals surface area contributed by atoms with Gasteiger partial charge in [-0.1, -0.05) is 13.8 Å². The van der Waals surface area contributed by atoms with Crippen molar-refractivity contribution in [3.8, 4) is 0 Å². The van der Waals surface area contributed by atoms with Crippen LogP contribution in [0.2, 0.25) is 0 Å². The number of nitrogens with zero attached hydrogens (tertiary/aromatic N) is 2. The largest absolute Gasteiger partial charge is 0.378 e. The number of morpholine rings is 1. The van der Waals surface area contributed by atoms with Gasteiger partial charge < -0.3 is 19.9 Å². The summed E-state index contributed by atoms with van der Waals surface area (Å²) in [5.74, 6) is 0.283. The van der Waals surface area contributed by atoms with Crippen LogP contribution in [-0.4, -0.2) is 73.7 Å². The van der Waals surface area contributed by atoms with Crippen LogP contribution < -0.4 is 5.32 Å². The third-order valence-corrected chi connectivity index (χ3v) is 4.57. The summed E-state index contributed by atoms with van der Waals surface area (Å²) < 4.78 is 5.41. The number of ether oxygens (including phenoxy) is 1. The van der Waals surface area contributed by atoms with Gasteiger partial charge in [0.1, 0.15) is 0 Å². The summed E-state index contributed by atoms with van der Waals surface area (Å²) in [6, 6.07) is 0.863. The molecule has 0 aromatic rings. The van der Waals surface area contributed by atoms with E-state index in [9.17, 15) is 4.79 Å². The van der Waals surface area contributed by atoms with Gasteiger partial charge in [0.25, 0.3) is 0 Å². The maximum Gasteiger partial charge on any atom is 0.224 e. The molecular weight excluding hydrogens is 254 g/mol. The molecule has 0 bridgehead atoms. The molecule has 2 saturated heterocycles. The fourth-order valence-electron chi connectivity index (χ4n) is 3.31. The fraction of sp³-hybridized carbons (Fsp3) is 0.933. The van der Waals surface area contributed by atoms with E-state index < -0.39 is 0 Å². The Bertz CT molecular complexity index is 293. The molecule has 20 heavy (non-hydrogen) atoms. The molecule has 1 amide bonds. The standard InChI is InChI=1S/C15H29N3O2/c1-3-17(4-2)14-5-8-18(9-6-14)15(19)11-13-12-20-10-7-16-13/h13-14,16H,3-12H2,1-2H3. The average molecular weight is 283 g/mol. The molecule has 1 atom stereocenters. The Morgan fingerprint density at radius 2 is 2.00 bits per heavy atom. The number of amides is 1. The van der Waals surface area contributed by atoms with Gasteiger partial charge in [0.2, 0.25) is 5.91 Å². The molecule has 1 N–H and O–H groups in total. The van der Waals surface area contributed by atoms with E-state index in [-0.39, 0.29) is 11.9 Å². The normalized spacial score (nSPS) is 25.1. The summed E-state index contributed by atoms with van der Waals surface area (Å²) in [6.45, 7) is 10.8. The number of rotatable bonds is 5. The number of piperidine rings is 1. The molecular formula is C15H29N3O2. The van der Waals surface area contributed by atoms with Crippen LogP contribution in [0.4, 0.5) is 0 Å². The summed E-state index contributed by atoms with van der Waals surface area (Å²) >= 11 is 0. The molecule has 0 aromatic heterocycles. The van der Waals surface area contributed by atoms with Crippen molar-refractivity contribution in [2.45, 2.75) is 45.2 Å². The second-order valence-corrected chi connectivity index (χ2v) is 5.76. The van der Waals surface area contributed by atoms with Crippen molar-refractivity contribution in [1.29, 1.82) is 0 Å². The van der Waals surface area contributed by atoms with Crippen molar-refractivity contribution in [2.24, 2.45) is 0 Å². The molecule has 5 nitrogen and oxygen atoms in total. The van der Waals surface area contributed by atoms with Gasteiger partial charge in [-0.05, 0) is 25.9 Å². The zero-order chi connectivity index (χ0) is 14.4. The maximum absolute atomic E-state index is 12.3. The van der Waals surface area contributed by atoms with Crippen molar-refractivity contribution in [1.82, 2.24) is 15.1 Å². The Labute approximate surface area is 122 Å². The Morgan fingerprint density at radius 1 is 1.30 bits per heavy atom. The number of nitrogens with one attached hydrogen (secondary N) is 1. The molecule has 5 heteroatoms. The minimum Gasteiger partial charge on any atom is -0.378 e. The van der Waals surface area contributed by atoms with E-state index >= 15 is 0 Å². The monoisotopic (exact) mass is 283 g/mol. The van der Waals surface area contributed by atoms with Gasteiger partial charge in [-0.25, -0.2) is 0 Å². The van der Waals surface area contributed by atoms with Crippen LogP contribution in [0.1, 0.15) is 33.1 Å². The van der Waals surface area contributed by atoms with Gasteiger partial charge in [0.15, 0.2) is 0 Å². The van der Waals surface area contributed by atoms with E-state index in [0.29, 0.717) is 19.1 Å². The van der Waals surface area contributed by atoms with Crippen LogP contribution in [0.5, 0.6) is 0 Å². The van der Waals surface area contributed by atoms with Crippen LogP contribution in [0.25, 0.3) is 0 Å². The molecule has 2 fully saturated rings. The second-order valence-electron chi connectivity index (χ2n) is 5.76. The van der Waals surface area contributed by atoms with Gasteiger partial charge in [-0.3, -0.25) is 4.79 Å². The summed E-state index contributed by atoms with van der Waals surface area (Å²) in [4.78, 5) is 16.8. The number of hydrogen-bond donors (Lipinski definition) is 1. The highest BCUT2D eigenvalue weighted by Crippen LogP contribution is 2.17. The van der Waals surface area contributed by atoms with Crippen LogP contribution in [0.3, 0.4) is 0 Å². The minimum absolute atomic E-state index is 0.205. The summed E-state index contributed by atoms with van der Waals surface area (Å²) in [5.41, 5.74) is 0. The third kappa shape index (κ3) is 4.17. The molecule has 0 aliphatic carbocycles. The zero-order valence-electron chi connectivity index (χ0n) is 12.9. The van der Waals surface area contributed by atoms with E-state index in [2.05, 4.69) is 24.1 Å². The summed E-state index contributed by atoms with van der Waals surface area (Å²) in [5, 5.41) is 3.35. The smallest absolute Gasteiger partial charge is 0.224 e. The van der Waals surface area contributed by atoms with E-state index in [0.717, 1.165) is 52.2 Å². The zero-order valence-corrected chi connectivity index (χ0v) is 12.9. The molecule has 2 aliphatic heterocycles. The van der Waals surface area contributed by atoms with Crippen molar-refractivity contribution < 1.29 is 9.53 Å². The Balaban J connectivity index is 1.73. The molecule has 2 heterocycles. The third-order valence-electron chi connectivity index (χ3n) is 4.57. The number of carbonyl (C=O) groups excluding carboxylic acids is 1. The molecule has 116 valence electrons. The van der Waals surface area contributed by atoms with Crippen LogP contribution >= 0.6 is 0 Å². The lowest BCUT2D eigenvalue weighted by Crippen LogP contribution is -2.49. The SMILES string of the molecule is CCN(CC)C1CCN(C(=O)CC2COCCN2)CC1. The Hall–Kier alpha value is -0.650. The quantitative estimate of drug-likeness (QED) is 0.807. The molecule has 1 unspecified atom stereocenters. The van der Waals surface area contributed by atoms with E-state index in [1.807, 2.05) is 4.90 Å². The second kappa shape index (κ2) is 7.96. The van der Waals surface area contributed by atoms with Crippen molar-refractivity contribution >= 4 is 5.91 Å². The van der Waals surface area contributed by atoms with Gasteiger partial charge in [-0.15, -0.1) is 0 Å². The number of likely N-dealkylation sites (tertiary alicyclic amines) is 1. The summed E-state index contributed by atoms with van der Waals surface area (Å²) in [7, 11) is 0. The van der Waals surface area contributed by atoms with Gasteiger partial charge >= 0.3 is 0 Å². The van der Waals surface area contributed by atoms with Crippen molar-refractivity contribution in [3.63, 3.8) is 0 Å². The first-order valence-corrected chi connectivity index (χ1v) is 8.07. The fourth-order valence-corrected chi connectivity index (χ4v) is 3.31. The van der Waals surface area contributed by atoms with Crippen LogP contribution in [0, 0.1) is 0 Å². The molecule has 0 aromatic carbocycles. The molecule has 2 aliphatic rings. The molecule has 0 saturated carbocycles. The lowest BCUT2D eigenvalue weighted by atomic mass is 10.0. The van der Waals surface area contributed by atoms with Crippen LogP contribution in [-0.2, 0) is 9.53 Å². The van der Waals surface area contributed by atoms with Crippen molar-refractivity contribution in [2.75, 3.05) is 45.9 Å². The van der Waals surface area contributed by atoms with E-state index in [1.165, 1.54) is 0 Å². The highest BCUT2D eigenvalue weighted by atomic mass is 16.5. The Kier molecular flexibility index (Phi) is 6.26. The Morgan fingerprint density at radius 3 is 2.55 bits per heavy atom. The topological polar surface area (TPSA) is 44.8 Å². The van der Waals surface area contributed by atoms with E-state index in [4.69, 9.17) is 4.74 Å². The van der Waals surface area contributed by atoms with Gasteiger partial charge in [0, 0.05) is 38.1 Å². The van der Waals surface area contributed by atoms with Gasteiger partial charge in [0.05, 0.1) is 13.2 Å². The highest BCUT2D eigenvalue weighted by molar-refractivity contribution is 5.77. The first-order valence-electron chi connectivity index (χ1n) is 8.07. The number of hydrogen-bond acceptors (Lipinski definition) is 4. The molecule has 0 spiro atoms. The predicted octanol–water partition coefficient (Wildman–Crippen LogP) is 0.698. The highest BCUT2D eigenvalue weighted by Gasteiger charge is 2.27. The average Bonchev–Trinajstić information content (AvgIpc) is 2.50. The predicted molar refractivity (Wildman–Crippen MR) is 79.7 cm³/mol. The lowest BCUT2D eigenvalue weighted by molar-refractivity contribution is -0.134. The number of carbonyl (C=O) groups is 1.